The second-order valence-electron chi connectivity index (χ2n) is 4.77. The smallest absolute Gasteiger partial charge is 0.0819 e. The molecule has 0 saturated carbocycles. The number of benzene rings is 1. The highest BCUT2D eigenvalue weighted by atomic mass is 35.5. The van der Waals surface area contributed by atoms with Gasteiger partial charge in [0.15, 0.2) is 0 Å². The lowest BCUT2D eigenvalue weighted by atomic mass is 10.1. The molecule has 1 N–H and O–H groups in total. The van der Waals surface area contributed by atoms with Crippen molar-refractivity contribution in [1.82, 2.24) is 15.1 Å². The zero-order valence-corrected chi connectivity index (χ0v) is 12.4. The monoisotopic (exact) mass is 277 g/mol. The summed E-state index contributed by atoms with van der Waals surface area (Å²) in [7, 11) is 0. The van der Waals surface area contributed by atoms with Crippen LogP contribution in [0.5, 0.6) is 0 Å². The van der Waals surface area contributed by atoms with Crippen molar-refractivity contribution in [2.24, 2.45) is 0 Å². The van der Waals surface area contributed by atoms with Gasteiger partial charge in [-0.25, -0.2) is 4.68 Å². The van der Waals surface area contributed by atoms with E-state index < -0.39 is 0 Å². The van der Waals surface area contributed by atoms with Crippen LogP contribution in [0.1, 0.15) is 37.6 Å². The fraction of sp³-hybridized carbons (Fsp3) is 0.400. The Labute approximate surface area is 119 Å². The van der Waals surface area contributed by atoms with Gasteiger partial charge in [0.2, 0.25) is 0 Å². The summed E-state index contributed by atoms with van der Waals surface area (Å²) >= 11 is 6.02. The number of nitrogens with one attached hydrogen (secondary N) is 1. The van der Waals surface area contributed by atoms with Crippen LogP contribution in [-0.2, 0) is 0 Å². The number of rotatable bonds is 5. The molecular formula is C15H20ClN3. The molecule has 4 heteroatoms. The van der Waals surface area contributed by atoms with Crippen molar-refractivity contribution in [2.75, 3.05) is 6.54 Å². The van der Waals surface area contributed by atoms with E-state index in [1.807, 2.05) is 17.8 Å². The van der Waals surface area contributed by atoms with E-state index in [1.54, 1.807) is 0 Å². The van der Waals surface area contributed by atoms with E-state index in [0.717, 1.165) is 24.3 Å². The summed E-state index contributed by atoms with van der Waals surface area (Å²) in [4.78, 5) is 0. The minimum Gasteiger partial charge on any atom is -0.310 e. The van der Waals surface area contributed by atoms with Gasteiger partial charge in [0.25, 0.3) is 0 Å². The molecule has 1 aromatic carbocycles. The quantitative estimate of drug-likeness (QED) is 0.898. The van der Waals surface area contributed by atoms with E-state index in [2.05, 4.69) is 48.5 Å². The van der Waals surface area contributed by atoms with Crippen LogP contribution in [0.3, 0.4) is 0 Å². The van der Waals surface area contributed by atoms with Gasteiger partial charge in [-0.05, 0) is 44.5 Å². The summed E-state index contributed by atoms with van der Waals surface area (Å²) in [5.41, 5.74) is 3.16. The van der Waals surface area contributed by atoms with Crippen LogP contribution in [0.2, 0.25) is 5.02 Å². The van der Waals surface area contributed by atoms with Crippen molar-refractivity contribution < 1.29 is 0 Å². The van der Waals surface area contributed by atoms with Gasteiger partial charge < -0.3 is 5.32 Å². The molecule has 0 amide bonds. The van der Waals surface area contributed by atoms with Crippen LogP contribution >= 0.6 is 11.6 Å². The Morgan fingerprint density at radius 2 is 2.00 bits per heavy atom. The lowest BCUT2D eigenvalue weighted by molar-refractivity contribution is 0.570. The van der Waals surface area contributed by atoms with E-state index in [9.17, 15) is 0 Å². The molecule has 0 radical (unpaired) electrons. The molecule has 0 saturated heterocycles. The second kappa shape index (κ2) is 6.22. The number of halogens is 1. The van der Waals surface area contributed by atoms with Gasteiger partial charge >= 0.3 is 0 Å². The molecule has 0 aliphatic carbocycles. The van der Waals surface area contributed by atoms with Crippen LogP contribution in [-0.4, -0.2) is 16.3 Å². The van der Waals surface area contributed by atoms with Crippen molar-refractivity contribution in [3.63, 3.8) is 0 Å². The maximum Gasteiger partial charge on any atom is 0.0819 e. The molecule has 1 atom stereocenters. The number of hydrogen-bond donors (Lipinski definition) is 1. The molecule has 2 rings (SSSR count). The summed E-state index contributed by atoms with van der Waals surface area (Å²) in [6.07, 6.45) is 2.98. The fourth-order valence-electron chi connectivity index (χ4n) is 1.97. The minimum absolute atomic E-state index is 0.372. The maximum absolute atomic E-state index is 6.02. The molecule has 102 valence electrons. The molecule has 0 aliphatic heterocycles. The van der Waals surface area contributed by atoms with Crippen LogP contribution in [0.25, 0.3) is 5.69 Å². The largest absolute Gasteiger partial charge is 0.310 e. The van der Waals surface area contributed by atoms with Gasteiger partial charge in [-0.2, -0.15) is 5.10 Å². The Morgan fingerprint density at radius 3 is 2.53 bits per heavy atom. The first-order valence-electron chi connectivity index (χ1n) is 6.67. The molecule has 2 aromatic rings. The highest BCUT2D eigenvalue weighted by Crippen LogP contribution is 2.18. The average molecular weight is 278 g/mol. The SMILES string of the molecule is CCCNC(C)c1ccc(-n2cc(Cl)c(C)n2)cc1. The predicted molar refractivity (Wildman–Crippen MR) is 80.0 cm³/mol. The van der Waals surface area contributed by atoms with E-state index in [0.29, 0.717) is 11.1 Å². The molecule has 19 heavy (non-hydrogen) atoms. The number of hydrogen-bond acceptors (Lipinski definition) is 2. The highest BCUT2D eigenvalue weighted by Gasteiger charge is 2.06. The first kappa shape index (κ1) is 14.1. The van der Waals surface area contributed by atoms with Gasteiger partial charge in [-0.15, -0.1) is 0 Å². The topological polar surface area (TPSA) is 29.9 Å². The summed E-state index contributed by atoms with van der Waals surface area (Å²) in [6, 6.07) is 8.78. The third-order valence-electron chi connectivity index (χ3n) is 3.20. The molecule has 0 fully saturated rings. The predicted octanol–water partition coefficient (Wildman–Crippen LogP) is 3.89. The number of nitrogens with zero attached hydrogens (tertiary/aromatic N) is 2. The molecule has 1 unspecified atom stereocenters. The van der Waals surface area contributed by atoms with Crippen molar-refractivity contribution >= 4 is 11.6 Å². The lowest BCUT2D eigenvalue weighted by Crippen LogP contribution is -2.19. The zero-order chi connectivity index (χ0) is 13.8. The second-order valence-corrected chi connectivity index (χ2v) is 5.18. The van der Waals surface area contributed by atoms with Crippen LogP contribution in [0, 0.1) is 6.92 Å². The van der Waals surface area contributed by atoms with Gasteiger partial charge in [-0.1, -0.05) is 30.7 Å². The van der Waals surface area contributed by atoms with Crippen molar-refractivity contribution in [3.05, 3.63) is 46.7 Å². The summed E-state index contributed by atoms with van der Waals surface area (Å²) in [6.45, 7) is 7.30. The van der Waals surface area contributed by atoms with Crippen LogP contribution < -0.4 is 5.32 Å². The van der Waals surface area contributed by atoms with Crippen LogP contribution in [0.4, 0.5) is 0 Å². The standard InChI is InChI=1S/C15H20ClN3/c1-4-9-17-11(2)13-5-7-14(8-6-13)19-10-15(16)12(3)18-19/h5-8,10-11,17H,4,9H2,1-3H3. The van der Waals surface area contributed by atoms with Crippen molar-refractivity contribution in [1.29, 1.82) is 0 Å². The Kier molecular flexibility index (Phi) is 4.61. The lowest BCUT2D eigenvalue weighted by Gasteiger charge is -2.14. The van der Waals surface area contributed by atoms with E-state index in [1.165, 1.54) is 5.56 Å². The summed E-state index contributed by atoms with van der Waals surface area (Å²) in [5, 5.41) is 8.55. The first-order valence-corrected chi connectivity index (χ1v) is 7.05. The fourth-order valence-corrected chi connectivity index (χ4v) is 2.10. The maximum atomic E-state index is 6.02. The average Bonchev–Trinajstić information content (AvgIpc) is 2.76. The van der Waals surface area contributed by atoms with Crippen molar-refractivity contribution in [2.45, 2.75) is 33.2 Å². The Morgan fingerprint density at radius 1 is 1.32 bits per heavy atom. The zero-order valence-electron chi connectivity index (χ0n) is 11.7. The normalized spacial score (nSPS) is 12.6. The molecule has 0 spiro atoms. The first-order chi connectivity index (χ1) is 9.11. The summed E-state index contributed by atoms with van der Waals surface area (Å²) < 4.78 is 1.81. The molecule has 1 heterocycles. The Hall–Kier alpha value is -1.32. The Bertz CT molecular complexity index is 511. The summed E-state index contributed by atoms with van der Waals surface area (Å²) in [5.74, 6) is 0. The van der Waals surface area contributed by atoms with Gasteiger partial charge in [0.05, 0.1) is 16.4 Å². The van der Waals surface area contributed by atoms with Gasteiger partial charge in [-0.3, -0.25) is 0 Å². The Balaban J connectivity index is 2.14. The molecule has 0 bridgehead atoms. The third-order valence-corrected chi connectivity index (χ3v) is 3.57. The molecule has 0 aliphatic rings. The van der Waals surface area contributed by atoms with E-state index in [-0.39, 0.29) is 0 Å². The van der Waals surface area contributed by atoms with Crippen LogP contribution in [0.15, 0.2) is 30.5 Å². The van der Waals surface area contributed by atoms with Gasteiger partial charge in [0, 0.05) is 12.2 Å². The molecular weight excluding hydrogens is 258 g/mol. The van der Waals surface area contributed by atoms with Crippen molar-refractivity contribution in [3.8, 4) is 5.69 Å². The van der Waals surface area contributed by atoms with E-state index in [4.69, 9.17) is 11.6 Å². The third kappa shape index (κ3) is 3.37. The molecule has 1 aromatic heterocycles. The molecule has 3 nitrogen and oxygen atoms in total. The highest BCUT2D eigenvalue weighted by molar-refractivity contribution is 6.31. The van der Waals surface area contributed by atoms with E-state index >= 15 is 0 Å². The van der Waals surface area contributed by atoms with Gasteiger partial charge in [0.1, 0.15) is 0 Å². The number of aromatic nitrogens is 2. The minimum atomic E-state index is 0.372. The number of aryl methyl sites for hydroxylation is 1.